The number of anilines is 1. The van der Waals surface area contributed by atoms with Gasteiger partial charge in [-0.3, -0.25) is 4.79 Å². The Labute approximate surface area is 124 Å². The molecule has 2 heteroatoms. The molecule has 0 spiro atoms. The lowest BCUT2D eigenvalue weighted by Crippen LogP contribution is -2.40. The minimum absolute atomic E-state index is 0.00856. The number of unbranched alkanes of at least 4 members (excludes halogenated alkanes) is 1. The second-order valence-corrected chi connectivity index (χ2v) is 6.77. The summed E-state index contributed by atoms with van der Waals surface area (Å²) in [5.74, 6) is 0.247. The van der Waals surface area contributed by atoms with Crippen molar-refractivity contribution >= 4 is 11.6 Å². The number of aryl methyl sites for hydroxylation is 1. The van der Waals surface area contributed by atoms with E-state index >= 15 is 0 Å². The lowest BCUT2D eigenvalue weighted by Gasteiger charge is -2.32. The van der Waals surface area contributed by atoms with Gasteiger partial charge in [-0.25, -0.2) is 0 Å². The van der Waals surface area contributed by atoms with Gasteiger partial charge in [0.1, 0.15) is 0 Å². The summed E-state index contributed by atoms with van der Waals surface area (Å²) in [6.07, 6.45) is 2.13. The summed E-state index contributed by atoms with van der Waals surface area (Å²) < 4.78 is 0. The predicted molar refractivity (Wildman–Crippen MR) is 87.1 cm³/mol. The van der Waals surface area contributed by atoms with Crippen molar-refractivity contribution in [1.82, 2.24) is 0 Å². The molecule has 0 bridgehead atoms. The second kappa shape index (κ2) is 6.92. The summed E-state index contributed by atoms with van der Waals surface area (Å²) in [6.45, 7) is 13.5. The van der Waals surface area contributed by atoms with Gasteiger partial charge in [-0.2, -0.15) is 0 Å². The van der Waals surface area contributed by atoms with E-state index in [-0.39, 0.29) is 17.2 Å². The van der Waals surface area contributed by atoms with Crippen LogP contribution in [-0.4, -0.2) is 12.5 Å². The minimum atomic E-state index is -0.00856. The van der Waals surface area contributed by atoms with Crippen LogP contribution in [0.25, 0.3) is 0 Å². The highest BCUT2D eigenvalue weighted by molar-refractivity contribution is 5.95. The first kappa shape index (κ1) is 16.7. The van der Waals surface area contributed by atoms with E-state index in [1.807, 2.05) is 24.0 Å². The Morgan fingerprint density at radius 2 is 1.95 bits per heavy atom. The number of carbonyl (C=O) groups excluding carboxylic acids is 1. The standard InChI is InChI=1S/C18H29NO/c1-7-8-12-19(16-11-9-10-14(2)13-16)17(20)15(3)18(4,5)6/h9-11,13,15H,7-8,12H2,1-6H3. The molecule has 2 nitrogen and oxygen atoms in total. The molecule has 0 aliphatic heterocycles. The van der Waals surface area contributed by atoms with Crippen LogP contribution in [0.1, 0.15) is 53.0 Å². The number of benzene rings is 1. The Morgan fingerprint density at radius 3 is 2.45 bits per heavy atom. The Hall–Kier alpha value is -1.31. The van der Waals surface area contributed by atoms with E-state index in [1.54, 1.807) is 0 Å². The van der Waals surface area contributed by atoms with Crippen molar-refractivity contribution < 1.29 is 4.79 Å². The maximum atomic E-state index is 12.8. The first-order valence-electron chi connectivity index (χ1n) is 7.65. The highest BCUT2D eigenvalue weighted by atomic mass is 16.2. The largest absolute Gasteiger partial charge is 0.312 e. The van der Waals surface area contributed by atoms with Gasteiger partial charge in [0.2, 0.25) is 5.91 Å². The van der Waals surface area contributed by atoms with Gasteiger partial charge in [-0.05, 0) is 36.5 Å². The fourth-order valence-electron chi connectivity index (χ4n) is 2.08. The molecule has 1 rings (SSSR count). The molecule has 1 aromatic rings. The van der Waals surface area contributed by atoms with E-state index in [0.717, 1.165) is 25.1 Å². The number of rotatable bonds is 5. The van der Waals surface area contributed by atoms with Crippen LogP contribution in [0, 0.1) is 18.3 Å². The molecule has 1 amide bonds. The van der Waals surface area contributed by atoms with Gasteiger partial charge < -0.3 is 4.90 Å². The Balaban J connectivity index is 3.03. The average molecular weight is 275 g/mol. The van der Waals surface area contributed by atoms with Crippen LogP contribution in [0.5, 0.6) is 0 Å². The van der Waals surface area contributed by atoms with Crippen LogP contribution < -0.4 is 4.90 Å². The smallest absolute Gasteiger partial charge is 0.230 e. The van der Waals surface area contributed by atoms with E-state index in [4.69, 9.17) is 0 Å². The predicted octanol–water partition coefficient (Wildman–Crippen LogP) is 4.81. The van der Waals surface area contributed by atoms with Gasteiger partial charge in [0.05, 0.1) is 0 Å². The molecule has 0 aliphatic rings. The summed E-state index contributed by atoms with van der Waals surface area (Å²) in [7, 11) is 0. The number of hydrogen-bond acceptors (Lipinski definition) is 1. The Kier molecular flexibility index (Phi) is 5.79. The zero-order valence-electron chi connectivity index (χ0n) is 13.9. The molecule has 1 unspecified atom stereocenters. The third-order valence-electron chi connectivity index (χ3n) is 3.98. The molecule has 0 heterocycles. The maximum Gasteiger partial charge on any atom is 0.230 e. The van der Waals surface area contributed by atoms with E-state index < -0.39 is 0 Å². The highest BCUT2D eigenvalue weighted by Gasteiger charge is 2.30. The molecule has 0 radical (unpaired) electrons. The molecular weight excluding hydrogens is 246 g/mol. The Bertz CT molecular complexity index is 445. The molecule has 112 valence electrons. The molecule has 0 saturated carbocycles. The normalized spacial score (nSPS) is 13.1. The quantitative estimate of drug-likeness (QED) is 0.755. The zero-order chi connectivity index (χ0) is 15.3. The topological polar surface area (TPSA) is 20.3 Å². The lowest BCUT2D eigenvalue weighted by molar-refractivity contribution is -0.124. The van der Waals surface area contributed by atoms with Gasteiger partial charge in [0, 0.05) is 18.2 Å². The van der Waals surface area contributed by atoms with Gasteiger partial charge in [0.25, 0.3) is 0 Å². The summed E-state index contributed by atoms with van der Waals surface area (Å²) in [5, 5.41) is 0. The van der Waals surface area contributed by atoms with Crippen LogP contribution >= 0.6 is 0 Å². The van der Waals surface area contributed by atoms with Crippen molar-refractivity contribution in [1.29, 1.82) is 0 Å². The van der Waals surface area contributed by atoms with E-state index in [0.29, 0.717) is 0 Å². The third kappa shape index (κ3) is 4.36. The van der Waals surface area contributed by atoms with E-state index in [9.17, 15) is 4.79 Å². The molecule has 0 aliphatic carbocycles. The number of hydrogen-bond donors (Lipinski definition) is 0. The zero-order valence-corrected chi connectivity index (χ0v) is 13.9. The van der Waals surface area contributed by atoms with Crippen molar-refractivity contribution in [3.05, 3.63) is 29.8 Å². The van der Waals surface area contributed by atoms with Crippen molar-refractivity contribution in [2.75, 3.05) is 11.4 Å². The van der Waals surface area contributed by atoms with Crippen molar-refractivity contribution in [3.8, 4) is 0 Å². The van der Waals surface area contributed by atoms with Gasteiger partial charge in [-0.1, -0.05) is 53.2 Å². The molecule has 0 aromatic heterocycles. The summed E-state index contributed by atoms with van der Waals surface area (Å²) in [5.41, 5.74) is 2.21. The first-order valence-corrected chi connectivity index (χ1v) is 7.65. The molecule has 20 heavy (non-hydrogen) atoms. The molecule has 0 N–H and O–H groups in total. The van der Waals surface area contributed by atoms with Crippen LogP contribution in [0.2, 0.25) is 0 Å². The maximum absolute atomic E-state index is 12.8. The lowest BCUT2D eigenvalue weighted by atomic mass is 9.81. The number of carbonyl (C=O) groups is 1. The molecule has 0 saturated heterocycles. The van der Waals surface area contributed by atoms with Gasteiger partial charge in [-0.15, -0.1) is 0 Å². The number of amides is 1. The van der Waals surface area contributed by atoms with Gasteiger partial charge in [0.15, 0.2) is 0 Å². The molecule has 0 fully saturated rings. The fourth-order valence-corrected chi connectivity index (χ4v) is 2.08. The van der Waals surface area contributed by atoms with E-state index in [2.05, 4.69) is 46.8 Å². The summed E-state index contributed by atoms with van der Waals surface area (Å²) in [6, 6.07) is 8.23. The minimum Gasteiger partial charge on any atom is -0.312 e. The molecule has 1 atom stereocenters. The monoisotopic (exact) mass is 275 g/mol. The summed E-state index contributed by atoms with van der Waals surface area (Å²) >= 11 is 0. The van der Waals surface area contributed by atoms with Crippen LogP contribution in [0.3, 0.4) is 0 Å². The molecule has 1 aromatic carbocycles. The van der Waals surface area contributed by atoms with Crippen LogP contribution in [0.15, 0.2) is 24.3 Å². The van der Waals surface area contributed by atoms with Crippen molar-refractivity contribution in [3.63, 3.8) is 0 Å². The first-order chi connectivity index (χ1) is 9.27. The average Bonchev–Trinajstić information content (AvgIpc) is 2.37. The Morgan fingerprint density at radius 1 is 1.30 bits per heavy atom. The van der Waals surface area contributed by atoms with Crippen molar-refractivity contribution in [2.45, 2.75) is 54.4 Å². The SMILES string of the molecule is CCCCN(C(=O)C(C)C(C)(C)C)c1cccc(C)c1. The van der Waals surface area contributed by atoms with Gasteiger partial charge >= 0.3 is 0 Å². The van der Waals surface area contributed by atoms with Crippen molar-refractivity contribution in [2.24, 2.45) is 11.3 Å². The fraction of sp³-hybridized carbons (Fsp3) is 0.611. The van der Waals surface area contributed by atoms with E-state index in [1.165, 1.54) is 5.56 Å². The third-order valence-corrected chi connectivity index (χ3v) is 3.98. The summed E-state index contributed by atoms with van der Waals surface area (Å²) in [4.78, 5) is 14.8. The number of nitrogens with zero attached hydrogens (tertiary/aromatic N) is 1. The molecular formula is C18H29NO. The highest BCUT2D eigenvalue weighted by Crippen LogP contribution is 2.29. The van der Waals surface area contributed by atoms with Crippen LogP contribution in [0.4, 0.5) is 5.69 Å². The second-order valence-electron chi connectivity index (χ2n) is 6.77. The van der Waals surface area contributed by atoms with Crippen LogP contribution in [-0.2, 0) is 4.79 Å².